The average molecular weight is 367 g/mol. The molecule has 3 rings (SSSR count). The molecule has 26 heavy (non-hydrogen) atoms. The number of likely N-dealkylation sites (N-methyl/N-ethyl adjacent to an activating group) is 1. The zero-order chi connectivity index (χ0) is 18.7. The number of nitro groups is 1. The van der Waals surface area contributed by atoms with Crippen LogP contribution in [0.4, 0.5) is 11.4 Å². The molecule has 1 fully saturated rings. The number of carbonyl (C=O) groups excluding carboxylic acids is 1. The van der Waals surface area contributed by atoms with Gasteiger partial charge in [-0.3, -0.25) is 19.8 Å². The number of nitro benzene ring substituents is 1. The van der Waals surface area contributed by atoms with Crippen LogP contribution in [0.3, 0.4) is 0 Å². The second kappa shape index (κ2) is 7.53. The predicted octanol–water partition coefficient (Wildman–Crippen LogP) is 4.39. The van der Waals surface area contributed by atoms with Gasteiger partial charge in [-0.15, -0.1) is 0 Å². The molecule has 1 amide bonds. The molecule has 0 N–H and O–H groups in total. The Morgan fingerprint density at radius 3 is 2.38 bits per heavy atom. The van der Waals surface area contributed by atoms with Gasteiger partial charge >= 0.3 is 0 Å². The van der Waals surface area contributed by atoms with Crippen LogP contribution in [0.1, 0.15) is 18.1 Å². The van der Waals surface area contributed by atoms with Crippen LogP contribution in [-0.4, -0.2) is 27.9 Å². The molecule has 0 atom stereocenters. The predicted molar refractivity (Wildman–Crippen MR) is 104 cm³/mol. The summed E-state index contributed by atoms with van der Waals surface area (Å²) in [5, 5.41) is 11.3. The average Bonchev–Trinajstić information content (AvgIpc) is 2.91. The lowest BCUT2D eigenvalue weighted by molar-refractivity contribution is -0.384. The minimum Gasteiger partial charge on any atom is -0.290 e. The summed E-state index contributed by atoms with van der Waals surface area (Å²) in [4.78, 5) is 29.3. The molecule has 6 nitrogen and oxygen atoms in total. The van der Waals surface area contributed by atoms with Crippen LogP contribution >= 0.6 is 11.8 Å². The third-order valence-corrected chi connectivity index (χ3v) is 5.03. The highest BCUT2D eigenvalue weighted by Crippen LogP contribution is 2.33. The van der Waals surface area contributed by atoms with E-state index >= 15 is 0 Å². The van der Waals surface area contributed by atoms with E-state index in [4.69, 9.17) is 0 Å². The number of non-ortho nitro benzene ring substituents is 1. The first kappa shape index (κ1) is 17.9. The lowest BCUT2D eigenvalue weighted by Gasteiger charge is -2.07. The largest absolute Gasteiger partial charge is 0.290 e. The van der Waals surface area contributed by atoms with Crippen LogP contribution in [-0.2, 0) is 11.2 Å². The first-order chi connectivity index (χ1) is 12.5. The van der Waals surface area contributed by atoms with Crippen molar-refractivity contribution in [2.45, 2.75) is 13.3 Å². The molecule has 0 aromatic heterocycles. The lowest BCUT2D eigenvalue weighted by Crippen LogP contribution is -2.23. The third-order valence-electron chi connectivity index (χ3n) is 3.97. The molecule has 1 aliphatic heterocycles. The van der Waals surface area contributed by atoms with E-state index in [1.54, 1.807) is 25.3 Å². The van der Waals surface area contributed by atoms with Crippen LogP contribution in [0.25, 0.3) is 6.08 Å². The van der Waals surface area contributed by atoms with E-state index < -0.39 is 4.92 Å². The molecule has 0 bridgehead atoms. The molecule has 0 radical (unpaired) electrons. The second-order valence-corrected chi connectivity index (χ2v) is 6.75. The number of rotatable bonds is 4. The van der Waals surface area contributed by atoms with Gasteiger partial charge in [-0.2, -0.15) is 0 Å². The topological polar surface area (TPSA) is 75.8 Å². The summed E-state index contributed by atoms with van der Waals surface area (Å²) < 4.78 is 0. The van der Waals surface area contributed by atoms with Gasteiger partial charge in [0.05, 0.1) is 15.5 Å². The van der Waals surface area contributed by atoms with Crippen molar-refractivity contribution >= 4 is 40.3 Å². The van der Waals surface area contributed by atoms with Gasteiger partial charge < -0.3 is 0 Å². The normalized spacial score (nSPS) is 17.3. The minimum atomic E-state index is -0.450. The number of aliphatic imine (C=N–C) groups is 1. The Morgan fingerprint density at radius 1 is 1.15 bits per heavy atom. The minimum absolute atomic E-state index is 0.0208. The van der Waals surface area contributed by atoms with Crippen LogP contribution in [0.5, 0.6) is 0 Å². The molecule has 1 heterocycles. The Hall–Kier alpha value is -2.93. The molecule has 132 valence electrons. The van der Waals surface area contributed by atoms with E-state index in [9.17, 15) is 14.9 Å². The highest BCUT2D eigenvalue weighted by atomic mass is 32.2. The molecule has 0 aliphatic carbocycles. The van der Waals surface area contributed by atoms with Gasteiger partial charge in [0.25, 0.3) is 11.6 Å². The maximum Gasteiger partial charge on any atom is 0.269 e. The van der Waals surface area contributed by atoms with Crippen molar-refractivity contribution in [2.75, 3.05) is 7.05 Å². The molecule has 7 heteroatoms. The summed E-state index contributed by atoms with van der Waals surface area (Å²) in [5.74, 6) is -0.141. The number of carbonyl (C=O) groups is 1. The molecule has 1 aliphatic rings. The zero-order valence-corrected chi connectivity index (χ0v) is 15.2. The van der Waals surface area contributed by atoms with Crippen molar-refractivity contribution in [3.8, 4) is 0 Å². The summed E-state index contributed by atoms with van der Waals surface area (Å²) >= 11 is 1.29. The molecule has 1 saturated heterocycles. The van der Waals surface area contributed by atoms with Crippen molar-refractivity contribution < 1.29 is 9.72 Å². The van der Waals surface area contributed by atoms with Crippen LogP contribution in [0, 0.1) is 10.1 Å². The molecular formula is C19H17N3O3S. The fourth-order valence-electron chi connectivity index (χ4n) is 2.41. The summed E-state index contributed by atoms with van der Waals surface area (Å²) in [7, 11) is 1.69. The number of hydrogen-bond acceptors (Lipinski definition) is 5. The van der Waals surface area contributed by atoms with Gasteiger partial charge in [0.1, 0.15) is 0 Å². The maximum atomic E-state index is 12.4. The highest BCUT2D eigenvalue weighted by Gasteiger charge is 2.30. The Bertz CT molecular complexity index is 903. The smallest absolute Gasteiger partial charge is 0.269 e. The number of nitrogens with zero attached hydrogens (tertiary/aromatic N) is 3. The van der Waals surface area contributed by atoms with Gasteiger partial charge in [-0.25, -0.2) is 4.99 Å². The quantitative estimate of drug-likeness (QED) is 0.456. The van der Waals surface area contributed by atoms with E-state index in [-0.39, 0.29) is 11.6 Å². The number of aryl methyl sites for hydroxylation is 1. The lowest BCUT2D eigenvalue weighted by atomic mass is 10.2. The summed E-state index contributed by atoms with van der Waals surface area (Å²) in [6.07, 6.45) is 2.68. The van der Waals surface area contributed by atoms with E-state index in [2.05, 4.69) is 11.9 Å². The molecule has 0 spiro atoms. The standard InChI is InChI=1S/C19H17N3O3S/c1-3-13-4-8-15(9-5-13)20-19-21(2)18(23)17(26-19)12-14-6-10-16(11-7-14)22(24)25/h4-12H,3H2,1-2H3/b17-12+,20-19?. The monoisotopic (exact) mass is 367 g/mol. The molecular weight excluding hydrogens is 350 g/mol. The van der Waals surface area contributed by atoms with Crippen molar-refractivity contribution in [1.82, 2.24) is 4.90 Å². The number of benzene rings is 2. The SMILES string of the molecule is CCc1ccc(N=C2S/C(=C/c3ccc([N+](=O)[O-])cc3)C(=O)N2C)cc1. The molecule has 2 aromatic rings. The number of thioether (sulfide) groups is 1. The molecule has 2 aromatic carbocycles. The van der Waals surface area contributed by atoms with E-state index in [0.717, 1.165) is 17.7 Å². The Balaban J connectivity index is 1.83. The second-order valence-electron chi connectivity index (χ2n) is 5.74. The Morgan fingerprint density at radius 2 is 1.81 bits per heavy atom. The summed E-state index contributed by atoms with van der Waals surface area (Å²) in [6, 6.07) is 14.0. The Kier molecular flexibility index (Phi) is 5.18. The van der Waals surface area contributed by atoms with Crippen molar-refractivity contribution in [1.29, 1.82) is 0 Å². The third kappa shape index (κ3) is 3.83. The first-order valence-electron chi connectivity index (χ1n) is 8.07. The number of hydrogen-bond donors (Lipinski definition) is 0. The molecule has 0 unspecified atom stereocenters. The van der Waals surface area contributed by atoms with Gasteiger partial charge in [0.2, 0.25) is 0 Å². The maximum absolute atomic E-state index is 12.4. The number of amides is 1. The van der Waals surface area contributed by atoms with E-state index in [0.29, 0.717) is 10.1 Å². The van der Waals surface area contributed by atoms with Crippen molar-refractivity contribution in [3.05, 3.63) is 74.7 Å². The van der Waals surface area contributed by atoms with Crippen molar-refractivity contribution in [3.63, 3.8) is 0 Å². The first-order valence-corrected chi connectivity index (χ1v) is 8.89. The van der Waals surface area contributed by atoms with E-state index in [1.807, 2.05) is 24.3 Å². The van der Waals surface area contributed by atoms with Crippen LogP contribution in [0.2, 0.25) is 0 Å². The summed E-state index contributed by atoms with van der Waals surface area (Å²) in [5.41, 5.74) is 2.78. The zero-order valence-electron chi connectivity index (χ0n) is 14.4. The summed E-state index contributed by atoms with van der Waals surface area (Å²) in [6.45, 7) is 2.09. The van der Waals surface area contributed by atoms with Crippen LogP contribution in [0.15, 0.2) is 58.4 Å². The van der Waals surface area contributed by atoms with Crippen molar-refractivity contribution in [2.24, 2.45) is 4.99 Å². The van der Waals surface area contributed by atoms with Gasteiger partial charge in [0, 0.05) is 19.2 Å². The fourth-order valence-corrected chi connectivity index (χ4v) is 3.40. The molecule has 0 saturated carbocycles. The van der Waals surface area contributed by atoms with Gasteiger partial charge in [-0.1, -0.05) is 19.1 Å². The van der Waals surface area contributed by atoms with Crippen LogP contribution < -0.4 is 0 Å². The fraction of sp³-hybridized carbons (Fsp3) is 0.158. The number of amidine groups is 1. The van der Waals surface area contributed by atoms with E-state index in [1.165, 1.54) is 34.4 Å². The highest BCUT2D eigenvalue weighted by molar-refractivity contribution is 8.18. The Labute approximate surface area is 155 Å². The van der Waals surface area contributed by atoms with Gasteiger partial charge in [-0.05, 0) is 59.7 Å². The van der Waals surface area contributed by atoms with Gasteiger partial charge in [0.15, 0.2) is 5.17 Å².